The molecule has 2 atom stereocenters. The van der Waals surface area contributed by atoms with E-state index in [1.807, 2.05) is 13.1 Å². The molecule has 1 aliphatic rings. The van der Waals surface area contributed by atoms with E-state index >= 15 is 0 Å². The lowest BCUT2D eigenvalue weighted by Gasteiger charge is -2.28. The summed E-state index contributed by atoms with van der Waals surface area (Å²) >= 11 is 0. The molecular weight excluding hydrogens is 267 g/mol. The lowest BCUT2D eigenvalue weighted by molar-refractivity contribution is -0.00184. The van der Waals surface area contributed by atoms with Crippen LogP contribution in [0.25, 0.3) is 0 Å². The van der Waals surface area contributed by atoms with Crippen molar-refractivity contribution >= 4 is 0 Å². The molecule has 0 amide bonds. The minimum absolute atomic E-state index is 0.170. The Morgan fingerprint density at radius 1 is 1.43 bits per heavy atom. The molecule has 1 fully saturated rings. The summed E-state index contributed by atoms with van der Waals surface area (Å²) < 4.78 is 19.1. The van der Waals surface area contributed by atoms with E-state index in [0.717, 1.165) is 31.7 Å². The van der Waals surface area contributed by atoms with Gasteiger partial charge < -0.3 is 15.0 Å². The molecule has 1 aliphatic heterocycles. The molecule has 3 nitrogen and oxygen atoms in total. The maximum absolute atomic E-state index is 13.3. The minimum Gasteiger partial charge on any atom is -0.377 e. The Kier molecular flexibility index (Phi) is 6.61. The van der Waals surface area contributed by atoms with Crippen LogP contribution >= 0.6 is 0 Å². The predicted octanol–water partition coefficient (Wildman–Crippen LogP) is 2.98. The second-order valence-electron chi connectivity index (χ2n) is 5.94. The SMILES string of the molecule is CNC(CCN(C)CC1CCCCO1)c1cccc(F)c1. The van der Waals surface area contributed by atoms with E-state index in [0.29, 0.717) is 6.10 Å². The van der Waals surface area contributed by atoms with E-state index in [1.54, 1.807) is 12.1 Å². The van der Waals surface area contributed by atoms with Gasteiger partial charge in [-0.3, -0.25) is 0 Å². The summed E-state index contributed by atoms with van der Waals surface area (Å²) in [5.74, 6) is -0.170. The zero-order chi connectivity index (χ0) is 15.1. The van der Waals surface area contributed by atoms with Gasteiger partial charge in [-0.1, -0.05) is 12.1 Å². The van der Waals surface area contributed by atoms with Gasteiger partial charge in [-0.15, -0.1) is 0 Å². The van der Waals surface area contributed by atoms with Crippen LogP contribution in [0, 0.1) is 5.82 Å². The average Bonchev–Trinajstić information content (AvgIpc) is 2.49. The highest BCUT2D eigenvalue weighted by molar-refractivity contribution is 5.20. The standard InChI is InChI=1S/C17H27FN2O/c1-19-17(14-6-5-7-15(18)12-14)9-10-20(2)13-16-8-3-4-11-21-16/h5-7,12,16-17,19H,3-4,8-11,13H2,1-2H3. The lowest BCUT2D eigenvalue weighted by atomic mass is 10.0. The summed E-state index contributed by atoms with van der Waals surface area (Å²) in [6, 6.07) is 7.05. The first kappa shape index (κ1) is 16.4. The highest BCUT2D eigenvalue weighted by atomic mass is 19.1. The van der Waals surface area contributed by atoms with Gasteiger partial charge in [-0.05, 0) is 64.0 Å². The van der Waals surface area contributed by atoms with Crippen LogP contribution in [-0.2, 0) is 4.74 Å². The zero-order valence-corrected chi connectivity index (χ0v) is 13.1. The molecule has 1 aromatic rings. The smallest absolute Gasteiger partial charge is 0.123 e. The third-order valence-electron chi connectivity index (χ3n) is 4.19. The van der Waals surface area contributed by atoms with E-state index in [2.05, 4.69) is 17.3 Å². The molecule has 1 N–H and O–H groups in total. The lowest BCUT2D eigenvalue weighted by Crippen LogP contribution is -2.35. The topological polar surface area (TPSA) is 24.5 Å². The summed E-state index contributed by atoms with van der Waals surface area (Å²) in [7, 11) is 4.07. The first-order chi connectivity index (χ1) is 10.2. The number of ether oxygens (including phenoxy) is 1. The molecule has 0 bridgehead atoms. The fourth-order valence-electron chi connectivity index (χ4n) is 2.94. The first-order valence-corrected chi connectivity index (χ1v) is 7.92. The highest BCUT2D eigenvalue weighted by Gasteiger charge is 2.17. The molecule has 2 unspecified atom stereocenters. The Bertz CT molecular complexity index is 421. The molecule has 0 saturated carbocycles. The second kappa shape index (κ2) is 8.47. The zero-order valence-electron chi connectivity index (χ0n) is 13.1. The van der Waals surface area contributed by atoms with Crippen LogP contribution in [0.3, 0.4) is 0 Å². The number of nitrogens with zero attached hydrogens (tertiary/aromatic N) is 1. The third-order valence-corrected chi connectivity index (χ3v) is 4.19. The van der Waals surface area contributed by atoms with Crippen molar-refractivity contribution in [3.8, 4) is 0 Å². The Morgan fingerprint density at radius 3 is 2.95 bits per heavy atom. The van der Waals surface area contributed by atoms with Crippen molar-refractivity contribution in [2.24, 2.45) is 0 Å². The molecule has 0 aromatic heterocycles. The Morgan fingerprint density at radius 2 is 2.29 bits per heavy atom. The van der Waals surface area contributed by atoms with E-state index in [1.165, 1.54) is 25.3 Å². The second-order valence-corrected chi connectivity index (χ2v) is 5.94. The van der Waals surface area contributed by atoms with E-state index < -0.39 is 0 Å². The monoisotopic (exact) mass is 294 g/mol. The summed E-state index contributed by atoms with van der Waals surface area (Å²) in [6.45, 7) is 2.86. The summed E-state index contributed by atoms with van der Waals surface area (Å²) in [4.78, 5) is 2.32. The van der Waals surface area contributed by atoms with Crippen molar-refractivity contribution in [2.75, 3.05) is 33.8 Å². The third kappa shape index (κ3) is 5.38. The number of benzene rings is 1. The van der Waals surface area contributed by atoms with Crippen molar-refractivity contribution in [1.29, 1.82) is 0 Å². The number of nitrogens with one attached hydrogen (secondary N) is 1. The Balaban J connectivity index is 1.79. The average molecular weight is 294 g/mol. The van der Waals surface area contributed by atoms with Crippen LogP contribution in [0.2, 0.25) is 0 Å². The van der Waals surface area contributed by atoms with Crippen molar-refractivity contribution in [3.05, 3.63) is 35.6 Å². The largest absolute Gasteiger partial charge is 0.377 e. The van der Waals surface area contributed by atoms with Crippen LogP contribution in [0.5, 0.6) is 0 Å². The van der Waals surface area contributed by atoms with Gasteiger partial charge in [0.15, 0.2) is 0 Å². The molecule has 2 rings (SSSR count). The molecule has 1 heterocycles. The molecule has 21 heavy (non-hydrogen) atoms. The Hall–Kier alpha value is -0.970. The fourth-order valence-corrected chi connectivity index (χ4v) is 2.94. The fraction of sp³-hybridized carbons (Fsp3) is 0.647. The van der Waals surface area contributed by atoms with Gasteiger partial charge in [0.2, 0.25) is 0 Å². The van der Waals surface area contributed by atoms with Crippen molar-refractivity contribution < 1.29 is 9.13 Å². The number of rotatable bonds is 7. The quantitative estimate of drug-likeness (QED) is 0.837. The number of hydrogen-bond acceptors (Lipinski definition) is 3. The van der Waals surface area contributed by atoms with Gasteiger partial charge >= 0.3 is 0 Å². The maximum atomic E-state index is 13.3. The van der Waals surface area contributed by atoms with Crippen LogP contribution in [0.1, 0.15) is 37.3 Å². The molecule has 0 aliphatic carbocycles. The van der Waals surface area contributed by atoms with Crippen molar-refractivity contribution in [2.45, 2.75) is 37.8 Å². The Labute approximate surface area is 127 Å². The highest BCUT2D eigenvalue weighted by Crippen LogP contribution is 2.18. The molecular formula is C17H27FN2O. The number of likely N-dealkylation sites (N-methyl/N-ethyl adjacent to an activating group) is 1. The minimum atomic E-state index is -0.170. The van der Waals surface area contributed by atoms with E-state index in [9.17, 15) is 4.39 Å². The summed E-state index contributed by atoms with van der Waals surface area (Å²) in [6.07, 6.45) is 4.99. The number of halogens is 1. The summed E-state index contributed by atoms with van der Waals surface area (Å²) in [5.41, 5.74) is 1.01. The molecule has 1 saturated heterocycles. The van der Waals surface area contributed by atoms with Crippen molar-refractivity contribution in [1.82, 2.24) is 10.2 Å². The molecule has 1 aromatic carbocycles. The van der Waals surface area contributed by atoms with Gasteiger partial charge in [0, 0.05) is 19.2 Å². The maximum Gasteiger partial charge on any atom is 0.123 e. The predicted molar refractivity (Wildman–Crippen MR) is 83.9 cm³/mol. The molecule has 4 heteroatoms. The summed E-state index contributed by atoms with van der Waals surface area (Å²) in [5, 5.41) is 3.28. The first-order valence-electron chi connectivity index (χ1n) is 7.92. The van der Waals surface area contributed by atoms with Gasteiger partial charge in [0.05, 0.1) is 6.10 Å². The van der Waals surface area contributed by atoms with E-state index in [-0.39, 0.29) is 11.9 Å². The van der Waals surface area contributed by atoms with E-state index in [4.69, 9.17) is 4.74 Å². The van der Waals surface area contributed by atoms with Gasteiger partial charge in [-0.25, -0.2) is 4.39 Å². The molecule has 118 valence electrons. The van der Waals surface area contributed by atoms with Crippen LogP contribution in [-0.4, -0.2) is 44.8 Å². The van der Waals surface area contributed by atoms with Crippen LogP contribution < -0.4 is 5.32 Å². The molecule has 0 radical (unpaired) electrons. The van der Waals surface area contributed by atoms with Gasteiger partial charge in [-0.2, -0.15) is 0 Å². The molecule has 0 spiro atoms. The van der Waals surface area contributed by atoms with Crippen molar-refractivity contribution in [3.63, 3.8) is 0 Å². The van der Waals surface area contributed by atoms with Crippen LogP contribution in [0.15, 0.2) is 24.3 Å². The van der Waals surface area contributed by atoms with Gasteiger partial charge in [0.25, 0.3) is 0 Å². The van der Waals surface area contributed by atoms with Crippen LogP contribution in [0.4, 0.5) is 4.39 Å². The number of hydrogen-bond donors (Lipinski definition) is 1. The van der Waals surface area contributed by atoms with Gasteiger partial charge in [0.1, 0.15) is 5.82 Å². The normalized spacial score (nSPS) is 20.7.